The molecule has 0 aromatic carbocycles. The lowest BCUT2D eigenvalue weighted by atomic mass is 9.83. The molecule has 1 aliphatic carbocycles. The fraction of sp³-hybridized carbons (Fsp3) is 0.917. The van der Waals surface area contributed by atoms with E-state index in [1.165, 1.54) is 23.6 Å². The molecule has 0 radical (unpaired) electrons. The average molecular weight is 275 g/mol. The van der Waals surface area contributed by atoms with E-state index in [-0.39, 0.29) is 6.04 Å². The Hall–Kier alpha value is -0.620. The lowest BCUT2D eigenvalue weighted by Gasteiger charge is -2.33. The van der Waals surface area contributed by atoms with Crippen LogP contribution < -0.4 is 0 Å². The third kappa shape index (κ3) is 3.03. The summed E-state index contributed by atoms with van der Waals surface area (Å²) in [5, 5.41) is 8.70. The van der Waals surface area contributed by atoms with E-state index in [9.17, 15) is 13.2 Å². The Kier molecular flexibility index (Phi) is 4.27. The predicted molar refractivity (Wildman–Crippen MR) is 67.7 cm³/mol. The molecule has 1 N–H and O–H groups in total. The molecular weight excluding hydrogens is 254 g/mol. The van der Waals surface area contributed by atoms with Crippen LogP contribution in [0.15, 0.2) is 0 Å². The lowest BCUT2D eigenvalue weighted by Crippen LogP contribution is -2.43. The summed E-state index contributed by atoms with van der Waals surface area (Å²) in [5.41, 5.74) is 0. The average Bonchev–Trinajstić information content (AvgIpc) is 2.78. The quantitative estimate of drug-likeness (QED) is 0.842. The fourth-order valence-electron chi connectivity index (χ4n) is 3.34. The summed E-state index contributed by atoms with van der Waals surface area (Å²) in [7, 11) is -3.62. The molecule has 2 fully saturated rings. The minimum atomic E-state index is -3.62. The van der Waals surface area contributed by atoms with Crippen LogP contribution in [0.3, 0.4) is 0 Å². The zero-order valence-corrected chi connectivity index (χ0v) is 11.4. The molecule has 0 amide bonds. The highest BCUT2D eigenvalue weighted by molar-refractivity contribution is 7.89. The van der Waals surface area contributed by atoms with Crippen molar-refractivity contribution in [1.82, 2.24) is 4.31 Å². The van der Waals surface area contributed by atoms with Crippen LogP contribution in [-0.2, 0) is 14.8 Å². The Morgan fingerprint density at radius 3 is 2.39 bits per heavy atom. The molecule has 2 rings (SSSR count). The van der Waals surface area contributed by atoms with E-state index in [1.54, 1.807) is 0 Å². The number of aliphatic carboxylic acids is 1. The third-order valence-electron chi connectivity index (χ3n) is 4.11. The van der Waals surface area contributed by atoms with Gasteiger partial charge in [-0.3, -0.25) is 4.79 Å². The van der Waals surface area contributed by atoms with Crippen LogP contribution in [0, 0.1) is 5.92 Å². The van der Waals surface area contributed by atoms with E-state index < -0.39 is 21.7 Å². The Morgan fingerprint density at radius 1 is 1.11 bits per heavy atom. The van der Waals surface area contributed by atoms with Crippen molar-refractivity contribution in [2.45, 2.75) is 51.0 Å². The maximum atomic E-state index is 12.0. The zero-order chi connectivity index (χ0) is 13.2. The van der Waals surface area contributed by atoms with Gasteiger partial charge in [-0.1, -0.05) is 19.3 Å². The highest BCUT2D eigenvalue weighted by atomic mass is 32.2. The van der Waals surface area contributed by atoms with Crippen molar-refractivity contribution < 1.29 is 18.3 Å². The van der Waals surface area contributed by atoms with Gasteiger partial charge in [-0.2, -0.15) is 4.31 Å². The molecule has 0 spiro atoms. The maximum Gasteiger partial charge on any atom is 0.320 e. The Labute approximate surface area is 108 Å². The summed E-state index contributed by atoms with van der Waals surface area (Å²) in [6.45, 7) is 0.497. The summed E-state index contributed by atoms with van der Waals surface area (Å²) < 4.78 is 25.6. The van der Waals surface area contributed by atoms with Crippen molar-refractivity contribution >= 4 is 16.0 Å². The summed E-state index contributed by atoms with van der Waals surface area (Å²) in [5.74, 6) is -1.59. The number of nitrogens with zero attached hydrogens (tertiary/aromatic N) is 1. The van der Waals surface area contributed by atoms with Crippen molar-refractivity contribution in [2.75, 3.05) is 12.3 Å². The normalized spacial score (nSPS) is 27.4. The van der Waals surface area contributed by atoms with Crippen molar-refractivity contribution in [3.63, 3.8) is 0 Å². The first-order valence-corrected chi connectivity index (χ1v) is 8.33. The van der Waals surface area contributed by atoms with Crippen LogP contribution in [0.25, 0.3) is 0 Å². The highest BCUT2D eigenvalue weighted by Crippen LogP contribution is 2.35. The lowest BCUT2D eigenvalue weighted by molar-refractivity contribution is -0.134. The van der Waals surface area contributed by atoms with Gasteiger partial charge in [0, 0.05) is 12.6 Å². The molecule has 0 aromatic rings. The summed E-state index contributed by atoms with van der Waals surface area (Å²) in [6, 6.07) is 0.0506. The molecule has 104 valence electrons. The van der Waals surface area contributed by atoms with E-state index >= 15 is 0 Å². The van der Waals surface area contributed by atoms with Crippen molar-refractivity contribution in [3.8, 4) is 0 Å². The molecule has 5 nitrogen and oxygen atoms in total. The third-order valence-corrected chi connectivity index (χ3v) is 5.89. The number of carbonyl (C=O) groups is 1. The van der Waals surface area contributed by atoms with E-state index in [0.29, 0.717) is 12.5 Å². The summed E-state index contributed by atoms with van der Waals surface area (Å²) in [4.78, 5) is 10.6. The van der Waals surface area contributed by atoms with Gasteiger partial charge in [-0.25, -0.2) is 8.42 Å². The number of carboxylic acids is 1. The molecule has 6 heteroatoms. The van der Waals surface area contributed by atoms with Crippen LogP contribution in [0.4, 0.5) is 0 Å². The number of carboxylic acid groups (broad SMARTS) is 1. The smallest absolute Gasteiger partial charge is 0.320 e. The van der Waals surface area contributed by atoms with Crippen molar-refractivity contribution in [1.29, 1.82) is 0 Å². The van der Waals surface area contributed by atoms with Gasteiger partial charge in [0.1, 0.15) is 0 Å². The standard InChI is InChI=1S/C12H21NO4S/c14-12(15)9-18(16,17)13-8-4-7-11(13)10-5-2-1-3-6-10/h10-11H,1-9H2,(H,14,15). The van der Waals surface area contributed by atoms with Crippen LogP contribution >= 0.6 is 0 Å². The second-order valence-electron chi connectivity index (χ2n) is 5.37. The van der Waals surface area contributed by atoms with Gasteiger partial charge < -0.3 is 5.11 Å². The predicted octanol–water partition coefficient (Wildman–Crippen LogP) is 1.45. The van der Waals surface area contributed by atoms with Gasteiger partial charge in [-0.05, 0) is 31.6 Å². The zero-order valence-electron chi connectivity index (χ0n) is 10.5. The molecule has 18 heavy (non-hydrogen) atoms. The fourth-order valence-corrected chi connectivity index (χ4v) is 4.92. The minimum Gasteiger partial charge on any atom is -0.480 e. The Morgan fingerprint density at radius 2 is 1.78 bits per heavy atom. The molecule has 1 saturated carbocycles. The molecule has 0 aromatic heterocycles. The number of hydrogen-bond donors (Lipinski definition) is 1. The molecule has 1 unspecified atom stereocenters. The first-order chi connectivity index (χ1) is 8.50. The van der Waals surface area contributed by atoms with Crippen LogP contribution in [0.2, 0.25) is 0 Å². The van der Waals surface area contributed by atoms with Crippen LogP contribution in [0.5, 0.6) is 0 Å². The van der Waals surface area contributed by atoms with E-state index in [1.807, 2.05) is 0 Å². The largest absolute Gasteiger partial charge is 0.480 e. The number of rotatable bonds is 4. The molecule has 0 bridgehead atoms. The van der Waals surface area contributed by atoms with Crippen molar-refractivity contribution in [2.24, 2.45) is 5.92 Å². The van der Waals surface area contributed by atoms with Crippen molar-refractivity contribution in [3.05, 3.63) is 0 Å². The van der Waals surface area contributed by atoms with E-state index in [2.05, 4.69) is 0 Å². The van der Waals surface area contributed by atoms with Gasteiger partial charge in [0.05, 0.1) is 0 Å². The second-order valence-corrected chi connectivity index (χ2v) is 7.29. The summed E-state index contributed by atoms with van der Waals surface area (Å²) in [6.07, 6.45) is 7.52. The molecule has 1 saturated heterocycles. The maximum absolute atomic E-state index is 12.0. The molecule has 2 aliphatic rings. The van der Waals surface area contributed by atoms with Gasteiger partial charge in [0.15, 0.2) is 5.75 Å². The van der Waals surface area contributed by atoms with Gasteiger partial charge in [0.25, 0.3) is 0 Å². The number of sulfonamides is 1. The molecule has 1 atom stereocenters. The van der Waals surface area contributed by atoms with Gasteiger partial charge in [-0.15, -0.1) is 0 Å². The van der Waals surface area contributed by atoms with Gasteiger partial charge >= 0.3 is 5.97 Å². The van der Waals surface area contributed by atoms with Crippen LogP contribution in [-0.4, -0.2) is 42.1 Å². The first kappa shape index (κ1) is 13.8. The monoisotopic (exact) mass is 275 g/mol. The molecule has 1 aliphatic heterocycles. The van der Waals surface area contributed by atoms with Crippen LogP contribution in [0.1, 0.15) is 44.9 Å². The van der Waals surface area contributed by atoms with E-state index in [0.717, 1.165) is 25.7 Å². The van der Waals surface area contributed by atoms with Gasteiger partial charge in [0.2, 0.25) is 10.0 Å². The summed E-state index contributed by atoms with van der Waals surface area (Å²) >= 11 is 0. The second kappa shape index (κ2) is 5.57. The number of hydrogen-bond acceptors (Lipinski definition) is 3. The van der Waals surface area contributed by atoms with E-state index in [4.69, 9.17) is 5.11 Å². The topological polar surface area (TPSA) is 74.7 Å². The highest BCUT2D eigenvalue weighted by Gasteiger charge is 2.39. The Balaban J connectivity index is 2.09. The molecule has 1 heterocycles. The SMILES string of the molecule is O=C(O)CS(=O)(=O)N1CCCC1C1CCCCC1. The Bertz CT molecular complexity index is 400. The minimum absolute atomic E-state index is 0.0506. The first-order valence-electron chi connectivity index (χ1n) is 6.72. The molecular formula is C12H21NO4S.